The van der Waals surface area contributed by atoms with Crippen molar-refractivity contribution in [1.29, 1.82) is 0 Å². The minimum Gasteiger partial charge on any atom is -0.338 e. The molecule has 0 aliphatic rings. The zero-order chi connectivity index (χ0) is 5.11. The van der Waals surface area contributed by atoms with Crippen molar-refractivity contribution < 1.29 is 4.52 Å². The molecule has 3 nitrogen and oxygen atoms in total. The normalized spacial score (nSPS) is 8.71. The van der Waals surface area contributed by atoms with Gasteiger partial charge in [0.15, 0.2) is 0 Å². The van der Waals surface area contributed by atoms with E-state index in [-0.39, 0.29) is 0 Å². The Morgan fingerprint density at radius 2 is 2.71 bits per heavy atom. The number of halogens is 1. The Balaban J connectivity index is 2.76. The summed E-state index contributed by atoms with van der Waals surface area (Å²) < 4.78 is 4.49. The van der Waals surface area contributed by atoms with Crippen LogP contribution in [0.2, 0.25) is 0 Å². The highest BCUT2D eigenvalue weighted by molar-refractivity contribution is 6.23. The van der Waals surface area contributed by atoms with Crippen LogP contribution in [-0.2, 0) is 0 Å². The van der Waals surface area contributed by atoms with E-state index < -0.39 is 0 Å². The quantitative estimate of drug-likeness (QED) is 0.564. The van der Waals surface area contributed by atoms with Crippen LogP contribution in [0.25, 0.3) is 0 Å². The van der Waals surface area contributed by atoms with Crippen LogP contribution in [0.3, 0.4) is 0 Å². The van der Waals surface area contributed by atoms with Crippen LogP contribution in [0.1, 0.15) is 0 Å². The molecule has 1 aromatic heterocycles. The Morgan fingerprint density at radius 3 is 3.00 bits per heavy atom. The summed E-state index contributed by atoms with van der Waals surface area (Å²) in [7, 11) is 0. The molecule has 1 aromatic rings. The molecule has 1 N–H and O–H groups in total. The number of hydrogen-bond acceptors (Lipinski definition) is 3. The number of nitrogens with one attached hydrogen (secondary N) is 1. The first kappa shape index (κ1) is 4.46. The average Bonchev–Trinajstić information content (AvgIpc) is 2.14. The minimum atomic E-state index is 0.460. The molecule has 0 aliphatic heterocycles. The van der Waals surface area contributed by atoms with E-state index in [9.17, 15) is 0 Å². The summed E-state index contributed by atoms with van der Waals surface area (Å²) in [5.41, 5.74) is 0. The standard InChI is InChI=1S/C3H3ClN2O/c4-6-3-1-2-5-7-3/h1-2,6H. The van der Waals surface area contributed by atoms with Crippen molar-refractivity contribution in [3.05, 3.63) is 12.3 Å². The van der Waals surface area contributed by atoms with Gasteiger partial charge in [0.05, 0.1) is 6.20 Å². The van der Waals surface area contributed by atoms with Crippen molar-refractivity contribution in [1.82, 2.24) is 5.16 Å². The van der Waals surface area contributed by atoms with E-state index in [1.54, 1.807) is 6.07 Å². The smallest absolute Gasteiger partial charge is 0.238 e. The molecule has 1 rings (SSSR count). The van der Waals surface area contributed by atoms with Crippen molar-refractivity contribution in [2.75, 3.05) is 4.84 Å². The van der Waals surface area contributed by atoms with Gasteiger partial charge in [-0.25, -0.2) is 0 Å². The van der Waals surface area contributed by atoms with Gasteiger partial charge in [0, 0.05) is 17.8 Å². The topological polar surface area (TPSA) is 38.1 Å². The Kier molecular flexibility index (Phi) is 1.17. The first-order chi connectivity index (χ1) is 3.43. The fourth-order valence-electron chi connectivity index (χ4n) is 0.265. The van der Waals surface area contributed by atoms with E-state index in [0.717, 1.165) is 0 Å². The minimum absolute atomic E-state index is 0.460. The molecule has 0 amide bonds. The third kappa shape index (κ3) is 0.838. The molecular weight excluding hydrogens is 115 g/mol. The van der Waals surface area contributed by atoms with Gasteiger partial charge in [-0.05, 0) is 0 Å². The second-order valence-electron chi connectivity index (χ2n) is 0.971. The third-order valence-electron chi connectivity index (χ3n) is 0.531. The molecule has 7 heavy (non-hydrogen) atoms. The zero-order valence-electron chi connectivity index (χ0n) is 3.39. The maximum Gasteiger partial charge on any atom is 0.238 e. The van der Waals surface area contributed by atoms with E-state index in [1.165, 1.54) is 6.20 Å². The van der Waals surface area contributed by atoms with Crippen LogP contribution >= 0.6 is 11.8 Å². The lowest BCUT2D eigenvalue weighted by Crippen LogP contribution is -1.70. The molecule has 0 aromatic carbocycles. The number of rotatable bonds is 1. The van der Waals surface area contributed by atoms with Gasteiger partial charge in [0.2, 0.25) is 5.88 Å². The molecule has 0 radical (unpaired) electrons. The van der Waals surface area contributed by atoms with E-state index in [1.807, 2.05) is 0 Å². The zero-order valence-corrected chi connectivity index (χ0v) is 4.14. The molecule has 0 fully saturated rings. The van der Waals surface area contributed by atoms with Gasteiger partial charge in [-0.15, -0.1) is 0 Å². The van der Waals surface area contributed by atoms with Crippen LogP contribution in [0.4, 0.5) is 5.88 Å². The molecule has 38 valence electrons. The second kappa shape index (κ2) is 1.84. The van der Waals surface area contributed by atoms with E-state index in [4.69, 9.17) is 11.8 Å². The molecule has 0 saturated heterocycles. The summed E-state index contributed by atoms with van der Waals surface area (Å²) in [6.07, 6.45) is 1.50. The lowest BCUT2D eigenvalue weighted by atomic mass is 10.7. The van der Waals surface area contributed by atoms with Crippen molar-refractivity contribution in [2.24, 2.45) is 0 Å². The Bertz CT molecular complexity index is 127. The van der Waals surface area contributed by atoms with Crippen LogP contribution < -0.4 is 4.84 Å². The Morgan fingerprint density at radius 1 is 1.86 bits per heavy atom. The van der Waals surface area contributed by atoms with E-state index in [0.29, 0.717) is 5.88 Å². The van der Waals surface area contributed by atoms with Gasteiger partial charge in [0.1, 0.15) is 0 Å². The molecule has 0 unspecified atom stereocenters. The van der Waals surface area contributed by atoms with Crippen LogP contribution in [-0.4, -0.2) is 5.16 Å². The second-order valence-corrected chi connectivity index (χ2v) is 1.16. The maximum atomic E-state index is 5.08. The van der Waals surface area contributed by atoms with Gasteiger partial charge < -0.3 is 4.52 Å². The Labute approximate surface area is 45.4 Å². The summed E-state index contributed by atoms with van der Waals surface area (Å²) >= 11 is 5.08. The first-order valence-electron chi connectivity index (χ1n) is 1.71. The van der Waals surface area contributed by atoms with Gasteiger partial charge in [-0.2, -0.15) is 0 Å². The lowest BCUT2D eigenvalue weighted by molar-refractivity contribution is 0.436. The predicted molar refractivity (Wildman–Crippen MR) is 26.0 cm³/mol. The van der Waals surface area contributed by atoms with Gasteiger partial charge >= 0.3 is 0 Å². The van der Waals surface area contributed by atoms with Gasteiger partial charge in [-0.1, -0.05) is 5.16 Å². The average molecular weight is 119 g/mol. The fraction of sp³-hybridized carbons (Fsp3) is 0. The third-order valence-corrected chi connectivity index (χ3v) is 0.717. The highest BCUT2D eigenvalue weighted by atomic mass is 35.5. The van der Waals surface area contributed by atoms with Crippen LogP contribution in [0.15, 0.2) is 16.8 Å². The van der Waals surface area contributed by atoms with E-state index in [2.05, 4.69) is 14.5 Å². The number of hydrogen-bond donors (Lipinski definition) is 1. The largest absolute Gasteiger partial charge is 0.338 e. The van der Waals surface area contributed by atoms with Gasteiger partial charge in [-0.3, -0.25) is 4.84 Å². The highest BCUT2D eigenvalue weighted by Crippen LogP contribution is 2.02. The highest BCUT2D eigenvalue weighted by Gasteiger charge is 1.86. The summed E-state index contributed by atoms with van der Waals surface area (Å²) in [6, 6.07) is 1.62. The van der Waals surface area contributed by atoms with Crippen molar-refractivity contribution in [3.63, 3.8) is 0 Å². The summed E-state index contributed by atoms with van der Waals surface area (Å²) in [4.78, 5) is 2.25. The van der Waals surface area contributed by atoms with E-state index >= 15 is 0 Å². The maximum absolute atomic E-state index is 5.08. The summed E-state index contributed by atoms with van der Waals surface area (Å²) in [5.74, 6) is 0.460. The molecular formula is C3H3ClN2O. The Hall–Kier alpha value is -0.700. The van der Waals surface area contributed by atoms with Crippen LogP contribution in [0, 0.1) is 0 Å². The molecule has 1 heterocycles. The molecule has 0 atom stereocenters. The van der Waals surface area contributed by atoms with Crippen molar-refractivity contribution >= 4 is 17.7 Å². The van der Waals surface area contributed by atoms with Gasteiger partial charge in [0.25, 0.3) is 0 Å². The predicted octanol–water partition coefficient (Wildman–Crippen LogP) is 1.24. The molecule has 0 aliphatic carbocycles. The summed E-state index contributed by atoms with van der Waals surface area (Å²) in [5, 5.41) is 3.37. The number of aromatic nitrogens is 1. The molecule has 4 heteroatoms. The number of nitrogens with zero attached hydrogens (tertiary/aromatic N) is 1. The van der Waals surface area contributed by atoms with Crippen LogP contribution in [0.5, 0.6) is 0 Å². The van der Waals surface area contributed by atoms with Crippen molar-refractivity contribution in [2.45, 2.75) is 0 Å². The monoisotopic (exact) mass is 118 g/mol. The lowest BCUT2D eigenvalue weighted by Gasteiger charge is -1.79. The SMILES string of the molecule is ClNc1ccno1. The molecule has 0 bridgehead atoms. The number of anilines is 1. The summed E-state index contributed by atoms with van der Waals surface area (Å²) in [6.45, 7) is 0. The van der Waals surface area contributed by atoms with Crippen molar-refractivity contribution in [3.8, 4) is 0 Å². The molecule has 0 spiro atoms. The first-order valence-corrected chi connectivity index (χ1v) is 2.08. The molecule has 0 saturated carbocycles. The fourth-order valence-corrected chi connectivity index (χ4v) is 0.362.